The van der Waals surface area contributed by atoms with Gasteiger partial charge in [0.05, 0.1) is 162 Å². The van der Waals surface area contributed by atoms with E-state index in [0.717, 1.165) is 76.2 Å². The maximum Gasteiger partial charge on any atom is 0.312 e. The molecular formula is C92H116N16O20. The molecule has 0 bridgehead atoms. The monoisotopic (exact) mass is 1760 g/mol. The van der Waals surface area contributed by atoms with Crippen molar-refractivity contribution in [2.24, 2.45) is 69.6 Å². The predicted octanol–water partition coefficient (Wildman–Crippen LogP) is 12.5. The zero-order chi connectivity index (χ0) is 91.2. The van der Waals surface area contributed by atoms with Crippen molar-refractivity contribution in [2.45, 2.75) is 233 Å². The van der Waals surface area contributed by atoms with Gasteiger partial charge in [0.1, 0.15) is 51.9 Å². The Morgan fingerprint density at radius 2 is 0.750 bits per heavy atom. The summed E-state index contributed by atoms with van der Waals surface area (Å²) < 4.78 is 52.1. The third-order valence-corrected chi connectivity index (χ3v) is 23.7. The van der Waals surface area contributed by atoms with E-state index in [1.807, 2.05) is 90.1 Å². The normalized spacial score (nSPS) is 19.8. The van der Waals surface area contributed by atoms with Crippen LogP contribution in [0.25, 0.3) is 45.6 Å². The molecule has 0 spiro atoms. The van der Waals surface area contributed by atoms with Gasteiger partial charge in [0.25, 0.3) is 0 Å². The van der Waals surface area contributed by atoms with Crippen molar-refractivity contribution in [2.75, 3.05) is 19.8 Å². The van der Waals surface area contributed by atoms with Crippen LogP contribution in [0.1, 0.15) is 207 Å². The minimum Gasteiger partial charge on any atom is -0.489 e. The highest BCUT2D eigenvalue weighted by Crippen LogP contribution is 2.38. The maximum atomic E-state index is 12.6. The second-order valence-electron chi connectivity index (χ2n) is 34.4. The van der Waals surface area contributed by atoms with E-state index in [9.17, 15) is 58.8 Å². The molecule has 128 heavy (non-hydrogen) atoms. The zero-order valence-electron chi connectivity index (χ0n) is 74.3. The number of hydrogen-bond acceptors (Lipinski definition) is 28. The number of ether oxygens (including phenoxy) is 8. The van der Waals surface area contributed by atoms with Crippen molar-refractivity contribution in [1.82, 2.24) is 79.9 Å². The number of esters is 4. The quantitative estimate of drug-likeness (QED) is 0.0219. The van der Waals surface area contributed by atoms with Crippen molar-refractivity contribution < 1.29 is 96.7 Å². The Balaban J connectivity index is 0.000000155. The summed E-state index contributed by atoms with van der Waals surface area (Å²) in [7, 11) is 6.94. The molecule has 36 heteroatoms. The Labute approximate surface area is 741 Å². The van der Waals surface area contributed by atoms with Crippen LogP contribution < -0.4 is 18.9 Å². The summed E-state index contributed by atoms with van der Waals surface area (Å²) in [5, 5.41) is 70.1. The molecule has 15 rings (SSSR count). The molecule has 9 aromatic rings. The first kappa shape index (κ1) is 94.5. The molecule has 0 saturated heterocycles. The van der Waals surface area contributed by atoms with Crippen molar-refractivity contribution in [1.29, 1.82) is 0 Å². The van der Waals surface area contributed by atoms with Crippen molar-refractivity contribution in [3.8, 4) is 68.5 Å². The number of benzene rings is 1. The lowest BCUT2D eigenvalue weighted by molar-refractivity contribution is -0.148. The van der Waals surface area contributed by atoms with E-state index in [1.165, 1.54) is 12.8 Å². The highest BCUT2D eigenvalue weighted by Gasteiger charge is 2.35. The molecular weight excluding hydrogens is 1650 g/mol. The van der Waals surface area contributed by atoms with Gasteiger partial charge in [-0.15, -0.1) is 20.4 Å². The average Bonchev–Trinajstić information content (AvgIpc) is 1.61. The third kappa shape index (κ3) is 27.0. The molecule has 9 atom stereocenters. The van der Waals surface area contributed by atoms with E-state index in [-0.39, 0.29) is 110 Å². The minimum absolute atomic E-state index is 0.00852. The standard InChI is InChI=1S/C25H28N4O5.C23H30N4O5.C22H28N4O5.C22H30N4O5/c1-16(17-7-4-3-5-8-17)33-23(30)14-22-24(27-28-29(22)2)21-12-11-20(15-26-21)34-19-10-6-9-18(13-19)25(31)32;1-14-20(32-17-5-3-4-16(12-17)23(29)30)9-8-18(24-14)22-19(27(2)26-25-22)13-21(28)31-11-10-15-6-7-15;1-13-19(31-16-5-3-4-15(10-16)22(28)29)9-8-17(23-13)21-18(26(2)25-24-21)11-20(27)30-12-14-6-7-14;1-13(2)12-30-20(27)11-18-21(24-25-26(18)4)17-8-9-19(14(3)23-17)31-16-7-5-6-15(10-16)22(28)29/h3-5,7-8,11-12,15-16,18-19H,6,9-10,13-14H2,1-2H3,(H,31,32);8-9,15-17H,3-7,10-13H2,1-2H3,(H,29,30);8-9,14-16H,3-7,10-12H2,1-2H3,(H,28,29);8-9,13,15-16H,5-7,10-12H2,1-4H3,(H,28,29)/t16-,18+,19+;16-,17-;2*15-,16-/m1000/s1. The van der Waals surface area contributed by atoms with Crippen LogP contribution in [-0.4, -0.2) is 192 Å². The second kappa shape index (κ2) is 44.7. The van der Waals surface area contributed by atoms with Crippen LogP contribution in [0.2, 0.25) is 0 Å². The van der Waals surface area contributed by atoms with Crippen LogP contribution >= 0.6 is 0 Å². The lowest BCUT2D eigenvalue weighted by Crippen LogP contribution is -2.29. The van der Waals surface area contributed by atoms with E-state index in [1.54, 1.807) is 83.4 Å². The number of carboxylic acid groups (broad SMARTS) is 4. The second-order valence-corrected chi connectivity index (χ2v) is 34.4. The van der Waals surface area contributed by atoms with Crippen LogP contribution in [0, 0.1) is 62.2 Å². The Morgan fingerprint density at radius 1 is 0.398 bits per heavy atom. The van der Waals surface area contributed by atoms with Crippen LogP contribution in [0.3, 0.4) is 0 Å². The van der Waals surface area contributed by atoms with E-state index in [2.05, 4.69) is 61.2 Å². The van der Waals surface area contributed by atoms with Gasteiger partial charge in [-0.3, -0.25) is 62.1 Å². The minimum atomic E-state index is -0.770. The fourth-order valence-electron chi connectivity index (χ4n) is 16.0. The van der Waals surface area contributed by atoms with E-state index in [0.29, 0.717) is 191 Å². The maximum absolute atomic E-state index is 12.6. The van der Waals surface area contributed by atoms with Gasteiger partial charge in [-0.1, -0.05) is 77.9 Å². The molecule has 6 fully saturated rings. The Hall–Kier alpha value is -12.7. The van der Waals surface area contributed by atoms with Gasteiger partial charge in [-0.25, -0.2) is 15.0 Å². The number of pyridine rings is 4. The van der Waals surface area contributed by atoms with Crippen LogP contribution in [0.4, 0.5) is 0 Å². The number of aryl methyl sites for hydroxylation is 7. The summed E-state index contributed by atoms with van der Waals surface area (Å²) in [5.74, 6) is -1.82. The number of carbonyl (C=O) groups excluding carboxylic acids is 4. The molecule has 8 heterocycles. The average molecular weight is 1770 g/mol. The topological polar surface area (TPSA) is 466 Å². The van der Waals surface area contributed by atoms with Crippen molar-refractivity contribution in [3.05, 3.63) is 130 Å². The molecule has 0 amide bonds. The zero-order valence-corrected chi connectivity index (χ0v) is 74.3. The third-order valence-electron chi connectivity index (χ3n) is 23.7. The van der Waals surface area contributed by atoms with Gasteiger partial charge in [0, 0.05) is 28.2 Å². The van der Waals surface area contributed by atoms with E-state index < -0.39 is 23.9 Å². The lowest BCUT2D eigenvalue weighted by atomic mass is 9.87. The predicted molar refractivity (Wildman–Crippen MR) is 461 cm³/mol. The largest absolute Gasteiger partial charge is 0.489 e. The fraction of sp³-hybridized carbons (Fsp3) is 0.543. The SMILES string of the molecule is C[C@@H](OC(=O)Cc1c(-c2ccc(O[C@H]3CCC[C@H](C(=O)O)C3)cn2)nnn1C)c1ccccc1.Cc1nc(-c2nnn(C)c2CC(=O)OCC(C)C)ccc1O[C@H]1CCC[C@H](C(=O)O)C1.Cc1nc(-c2nnn(C)c2CC(=O)OCC2CC2)ccc1O[C@H]1CCC[C@H](C(=O)O)C1.Cc1nc(-c2nnn(C)c2CC(=O)OCCC2CC2)ccc1O[C@H]1CCC[C@H](C(=O)O)C1. The first-order chi connectivity index (χ1) is 61.4. The summed E-state index contributed by atoms with van der Waals surface area (Å²) in [6.07, 6.45) is 18.0. The first-order valence-electron chi connectivity index (χ1n) is 44.2. The smallest absolute Gasteiger partial charge is 0.312 e. The molecule has 1 aromatic carbocycles. The Bertz CT molecular complexity index is 5170. The van der Waals surface area contributed by atoms with Crippen molar-refractivity contribution in [3.63, 3.8) is 0 Å². The number of carbonyl (C=O) groups is 8. The number of carboxylic acids is 4. The Kier molecular flexibility index (Phi) is 33.0. The van der Waals surface area contributed by atoms with Crippen LogP contribution in [0.15, 0.2) is 85.1 Å². The van der Waals surface area contributed by atoms with Crippen molar-refractivity contribution >= 4 is 47.8 Å². The number of nitrogens with zero attached hydrogens (tertiary/aromatic N) is 16. The molecule has 6 aliphatic carbocycles. The van der Waals surface area contributed by atoms with Gasteiger partial charge >= 0.3 is 47.8 Å². The van der Waals surface area contributed by atoms with E-state index in [4.69, 9.17) is 37.9 Å². The highest BCUT2D eigenvalue weighted by atomic mass is 16.6. The molecule has 4 N–H and O–H groups in total. The molecule has 0 aliphatic heterocycles. The van der Waals surface area contributed by atoms with Crippen LogP contribution in [0.5, 0.6) is 23.0 Å². The van der Waals surface area contributed by atoms with E-state index >= 15 is 0 Å². The van der Waals surface area contributed by atoms with Gasteiger partial charge in [0.15, 0.2) is 0 Å². The summed E-state index contributed by atoms with van der Waals surface area (Å²) in [5.41, 5.74) is 9.99. The summed E-state index contributed by atoms with van der Waals surface area (Å²) in [6.45, 7) is 12.6. The number of aliphatic carboxylic acids is 4. The molecule has 36 nitrogen and oxygen atoms in total. The highest BCUT2D eigenvalue weighted by molar-refractivity contribution is 5.78. The van der Waals surface area contributed by atoms with Gasteiger partial charge in [-0.05, 0) is 222 Å². The summed E-state index contributed by atoms with van der Waals surface area (Å²) in [6, 6.07) is 23.9. The van der Waals surface area contributed by atoms with Gasteiger partial charge < -0.3 is 58.3 Å². The first-order valence-corrected chi connectivity index (χ1v) is 44.2. The van der Waals surface area contributed by atoms with Crippen LogP contribution in [-0.2, 0) is 111 Å². The lowest BCUT2D eigenvalue weighted by Gasteiger charge is -2.27. The molecule has 6 saturated carbocycles. The molecule has 0 unspecified atom stereocenters. The number of rotatable bonds is 33. The van der Waals surface area contributed by atoms with Gasteiger partial charge in [0.2, 0.25) is 0 Å². The molecule has 684 valence electrons. The summed E-state index contributed by atoms with van der Waals surface area (Å²) in [4.78, 5) is 113. The number of aromatic nitrogens is 16. The fourth-order valence-corrected chi connectivity index (χ4v) is 16.0. The Morgan fingerprint density at radius 3 is 1.10 bits per heavy atom. The van der Waals surface area contributed by atoms with Gasteiger partial charge in [-0.2, -0.15) is 0 Å². The molecule has 6 aliphatic rings. The molecule has 0 radical (unpaired) electrons. The summed E-state index contributed by atoms with van der Waals surface area (Å²) >= 11 is 0. The number of hydrogen-bond donors (Lipinski definition) is 4. The molecule has 8 aromatic heterocycles.